The number of nitrogens with zero attached hydrogens (tertiary/aromatic N) is 3. The Balaban J connectivity index is 0.00000420. The summed E-state index contributed by atoms with van der Waals surface area (Å²) in [5.74, 6) is 0.490. The molecule has 0 aromatic heterocycles. The highest BCUT2D eigenvalue weighted by Crippen LogP contribution is 2.30. The maximum absolute atomic E-state index is 13.3. The summed E-state index contributed by atoms with van der Waals surface area (Å²) in [6.07, 6.45) is 0. The van der Waals surface area contributed by atoms with Gasteiger partial charge in [0.05, 0.1) is 6.54 Å². The van der Waals surface area contributed by atoms with Crippen molar-refractivity contribution in [2.75, 3.05) is 58.9 Å². The van der Waals surface area contributed by atoms with Gasteiger partial charge in [-0.05, 0) is 31.2 Å². The average molecular weight is 540 g/mol. The zero-order valence-electron chi connectivity index (χ0n) is 18.1. The number of likely N-dealkylation sites (N-methyl/N-ethyl adjacent to an activating group) is 1. The summed E-state index contributed by atoms with van der Waals surface area (Å²) in [5, 5.41) is 7.18. The second-order valence-corrected chi connectivity index (χ2v) is 8.31. The van der Waals surface area contributed by atoms with Crippen LogP contribution in [0.1, 0.15) is 33.3 Å². The van der Waals surface area contributed by atoms with Gasteiger partial charge in [0, 0.05) is 56.3 Å². The van der Waals surface area contributed by atoms with Gasteiger partial charge in [-0.1, -0.05) is 38.4 Å². The predicted octanol–water partition coefficient (Wildman–Crippen LogP) is 3.57. The first-order chi connectivity index (χ1) is 13.4. The van der Waals surface area contributed by atoms with Crippen LogP contribution in [0.3, 0.4) is 0 Å². The maximum atomic E-state index is 13.3. The molecule has 1 fully saturated rings. The van der Waals surface area contributed by atoms with Crippen LogP contribution in [0.25, 0.3) is 0 Å². The van der Waals surface area contributed by atoms with E-state index < -0.39 is 0 Å². The molecular weight excluding hydrogens is 504 g/mol. The van der Waals surface area contributed by atoms with Crippen LogP contribution in [-0.2, 0) is 5.41 Å². The summed E-state index contributed by atoms with van der Waals surface area (Å²) in [6.45, 7) is 17.3. The van der Waals surface area contributed by atoms with Crippen LogP contribution in [0.5, 0.6) is 0 Å². The summed E-state index contributed by atoms with van der Waals surface area (Å²) in [7, 11) is 0. The first kappa shape index (κ1) is 26.4. The van der Waals surface area contributed by atoms with Gasteiger partial charge in [-0.15, -0.1) is 24.0 Å². The summed E-state index contributed by atoms with van der Waals surface area (Å²) < 4.78 is 13.3. The molecule has 1 heterocycles. The summed E-state index contributed by atoms with van der Waals surface area (Å²) in [6, 6.07) is 4.57. The Bertz CT molecular complexity index is 648. The molecule has 2 rings (SSSR count). The number of aliphatic imine (C=N–C) groups is 1. The third-order valence-corrected chi connectivity index (χ3v) is 5.58. The molecule has 0 atom stereocenters. The van der Waals surface area contributed by atoms with Gasteiger partial charge in [-0.25, -0.2) is 4.39 Å². The molecule has 2 N–H and O–H groups in total. The number of hydrogen-bond acceptors (Lipinski definition) is 3. The van der Waals surface area contributed by atoms with Crippen LogP contribution in [-0.4, -0.2) is 74.7 Å². The third-order valence-electron chi connectivity index (χ3n) is 5.27. The third kappa shape index (κ3) is 8.55. The summed E-state index contributed by atoms with van der Waals surface area (Å²) >= 11 is 6.25. The molecule has 1 aromatic rings. The van der Waals surface area contributed by atoms with Crippen molar-refractivity contribution in [3.63, 3.8) is 0 Å². The Labute approximate surface area is 197 Å². The number of halogens is 3. The molecule has 1 saturated heterocycles. The molecule has 29 heavy (non-hydrogen) atoms. The highest BCUT2D eigenvalue weighted by Gasteiger charge is 2.23. The fourth-order valence-electron chi connectivity index (χ4n) is 3.40. The second kappa shape index (κ2) is 12.9. The van der Waals surface area contributed by atoms with Gasteiger partial charge in [-0.3, -0.25) is 9.89 Å². The fraction of sp³-hybridized carbons (Fsp3) is 0.667. The molecule has 166 valence electrons. The number of rotatable bonds is 8. The normalized spacial score (nSPS) is 16.4. The van der Waals surface area contributed by atoms with E-state index in [4.69, 9.17) is 16.6 Å². The van der Waals surface area contributed by atoms with Crippen LogP contribution >= 0.6 is 35.6 Å². The lowest BCUT2D eigenvalue weighted by Gasteiger charge is -2.34. The van der Waals surface area contributed by atoms with Gasteiger partial charge in [-0.2, -0.15) is 0 Å². The van der Waals surface area contributed by atoms with Gasteiger partial charge < -0.3 is 15.5 Å². The molecule has 0 spiro atoms. The first-order valence-corrected chi connectivity index (χ1v) is 10.7. The van der Waals surface area contributed by atoms with E-state index in [1.807, 2.05) is 0 Å². The molecule has 1 aromatic carbocycles. The molecule has 0 unspecified atom stereocenters. The van der Waals surface area contributed by atoms with Crippen molar-refractivity contribution in [1.29, 1.82) is 0 Å². The molecule has 0 amide bonds. The van der Waals surface area contributed by atoms with Gasteiger partial charge in [0.1, 0.15) is 5.82 Å². The lowest BCUT2D eigenvalue weighted by Crippen LogP contribution is -2.49. The Hall–Kier alpha value is -0.640. The van der Waals surface area contributed by atoms with Crippen molar-refractivity contribution >= 4 is 41.5 Å². The summed E-state index contributed by atoms with van der Waals surface area (Å²) in [5.41, 5.74) is 0.618. The molecular formula is C21H36ClFIN5. The maximum Gasteiger partial charge on any atom is 0.191 e. The topological polar surface area (TPSA) is 42.9 Å². The van der Waals surface area contributed by atoms with Crippen LogP contribution in [0.2, 0.25) is 5.02 Å². The Morgan fingerprint density at radius 3 is 2.38 bits per heavy atom. The second-order valence-electron chi connectivity index (χ2n) is 7.91. The number of piperazine rings is 1. The van der Waals surface area contributed by atoms with E-state index in [1.54, 1.807) is 6.07 Å². The molecule has 0 bridgehead atoms. The van der Waals surface area contributed by atoms with Gasteiger partial charge in [0.2, 0.25) is 0 Å². The monoisotopic (exact) mass is 539 g/mol. The van der Waals surface area contributed by atoms with E-state index in [1.165, 1.54) is 12.1 Å². The van der Waals surface area contributed by atoms with Gasteiger partial charge >= 0.3 is 0 Å². The van der Waals surface area contributed by atoms with Crippen molar-refractivity contribution in [2.24, 2.45) is 4.99 Å². The highest BCUT2D eigenvalue weighted by molar-refractivity contribution is 14.0. The summed E-state index contributed by atoms with van der Waals surface area (Å²) in [4.78, 5) is 9.72. The Morgan fingerprint density at radius 1 is 1.14 bits per heavy atom. The van der Waals surface area contributed by atoms with Crippen molar-refractivity contribution in [2.45, 2.75) is 33.1 Å². The minimum absolute atomic E-state index is 0. The minimum Gasteiger partial charge on any atom is -0.357 e. The van der Waals surface area contributed by atoms with Crippen LogP contribution < -0.4 is 10.6 Å². The molecule has 1 aliphatic rings. The number of nitrogens with one attached hydrogen (secondary N) is 2. The van der Waals surface area contributed by atoms with Gasteiger partial charge in [0.25, 0.3) is 0 Å². The van der Waals surface area contributed by atoms with Gasteiger partial charge in [0.15, 0.2) is 5.96 Å². The largest absolute Gasteiger partial charge is 0.357 e. The number of guanidine groups is 1. The predicted molar refractivity (Wildman–Crippen MR) is 132 cm³/mol. The molecule has 0 aliphatic carbocycles. The van der Waals surface area contributed by atoms with Crippen LogP contribution in [0, 0.1) is 5.82 Å². The first-order valence-electron chi connectivity index (χ1n) is 10.3. The lowest BCUT2D eigenvalue weighted by atomic mass is 9.84. The van der Waals surface area contributed by atoms with E-state index in [0.717, 1.165) is 63.9 Å². The molecule has 8 heteroatoms. The quantitative estimate of drug-likeness (QED) is 0.301. The van der Waals surface area contributed by atoms with E-state index in [-0.39, 0.29) is 35.2 Å². The average Bonchev–Trinajstić information content (AvgIpc) is 2.66. The number of hydrogen-bond donors (Lipinski definition) is 2. The van der Waals surface area contributed by atoms with Crippen molar-refractivity contribution in [3.05, 3.63) is 34.6 Å². The zero-order chi connectivity index (χ0) is 20.6. The molecule has 0 radical (unpaired) electrons. The SMILES string of the molecule is CCNC(=NCC(C)(C)c1ccc(F)cc1Cl)NCCN1CCN(CC)CC1.I. The molecule has 0 saturated carbocycles. The van der Waals surface area contributed by atoms with Crippen molar-refractivity contribution in [3.8, 4) is 0 Å². The minimum atomic E-state index is -0.317. The highest BCUT2D eigenvalue weighted by atomic mass is 127. The number of benzene rings is 1. The van der Waals surface area contributed by atoms with E-state index in [2.05, 4.69) is 48.1 Å². The molecule has 5 nitrogen and oxygen atoms in total. The Kier molecular flexibility index (Phi) is 11.8. The van der Waals surface area contributed by atoms with Crippen molar-refractivity contribution in [1.82, 2.24) is 20.4 Å². The van der Waals surface area contributed by atoms with E-state index >= 15 is 0 Å². The lowest BCUT2D eigenvalue weighted by molar-refractivity contribution is 0.139. The van der Waals surface area contributed by atoms with Crippen molar-refractivity contribution < 1.29 is 4.39 Å². The van der Waals surface area contributed by atoms with E-state index in [9.17, 15) is 4.39 Å². The Morgan fingerprint density at radius 2 is 1.79 bits per heavy atom. The standard InChI is InChI=1S/C21H35ClFN5.HI/c1-5-24-20(25-9-10-28-13-11-27(6-2)12-14-28)26-16-21(3,4)18-8-7-17(23)15-19(18)22;/h7-8,15H,5-6,9-14,16H2,1-4H3,(H2,24,25,26);1H. The molecule has 1 aliphatic heterocycles. The van der Waals surface area contributed by atoms with Crippen LogP contribution in [0.4, 0.5) is 4.39 Å². The zero-order valence-corrected chi connectivity index (χ0v) is 21.2. The smallest absolute Gasteiger partial charge is 0.191 e. The van der Waals surface area contributed by atoms with Crippen LogP contribution in [0.15, 0.2) is 23.2 Å². The van der Waals surface area contributed by atoms with E-state index in [0.29, 0.717) is 11.6 Å². The fourth-order valence-corrected chi connectivity index (χ4v) is 3.83.